The zero-order chi connectivity index (χ0) is 18.4. The number of methoxy groups -OCH3 is 1. The first-order valence-corrected chi connectivity index (χ1v) is 9.63. The minimum absolute atomic E-state index is 0.0247. The molecule has 2 aromatic carbocycles. The Morgan fingerprint density at radius 1 is 1.16 bits per heavy atom. The number of nitrogens with one attached hydrogen (secondary N) is 1. The monoisotopic (exact) mass is 362 g/mol. The molecule has 0 saturated carbocycles. The number of hydrogen-bond acceptors (Lipinski definition) is 4. The molecule has 0 aliphatic rings. The number of sulfonamides is 1. The van der Waals surface area contributed by atoms with E-state index in [2.05, 4.69) is 5.32 Å². The Morgan fingerprint density at radius 2 is 1.88 bits per heavy atom. The quantitative estimate of drug-likeness (QED) is 0.822. The third-order valence-electron chi connectivity index (χ3n) is 3.60. The largest absolute Gasteiger partial charge is 0.495 e. The lowest BCUT2D eigenvalue weighted by atomic mass is 10.2. The van der Waals surface area contributed by atoms with Crippen molar-refractivity contribution in [2.75, 3.05) is 29.5 Å². The molecule has 0 radical (unpaired) electrons. The Morgan fingerprint density at radius 3 is 2.52 bits per heavy atom. The fourth-order valence-corrected chi connectivity index (χ4v) is 3.38. The first-order chi connectivity index (χ1) is 11.8. The van der Waals surface area contributed by atoms with Crippen molar-refractivity contribution in [2.45, 2.75) is 13.3 Å². The van der Waals surface area contributed by atoms with E-state index in [1.165, 1.54) is 11.4 Å². The molecule has 0 aliphatic carbocycles. The van der Waals surface area contributed by atoms with Crippen LogP contribution in [0, 0.1) is 6.92 Å². The van der Waals surface area contributed by atoms with Crippen LogP contribution in [0.4, 0.5) is 11.4 Å². The van der Waals surface area contributed by atoms with Crippen LogP contribution in [0.5, 0.6) is 5.75 Å². The van der Waals surface area contributed by atoms with Gasteiger partial charge in [0.25, 0.3) is 0 Å². The second kappa shape index (κ2) is 8.02. The molecule has 0 fully saturated rings. The average Bonchev–Trinajstić information content (AvgIpc) is 2.54. The molecule has 0 atom stereocenters. The number of aryl methyl sites for hydroxylation is 1. The number of nitrogens with zero attached hydrogens (tertiary/aromatic N) is 1. The van der Waals surface area contributed by atoms with Gasteiger partial charge in [0.15, 0.2) is 0 Å². The number of amides is 1. The van der Waals surface area contributed by atoms with Gasteiger partial charge in [-0.05, 0) is 36.8 Å². The first-order valence-electron chi connectivity index (χ1n) is 7.78. The smallest absolute Gasteiger partial charge is 0.232 e. The van der Waals surface area contributed by atoms with E-state index in [0.717, 1.165) is 11.8 Å². The highest BCUT2D eigenvalue weighted by Crippen LogP contribution is 2.29. The molecule has 6 nitrogen and oxygen atoms in total. The molecule has 0 heterocycles. The standard InChI is InChI=1S/C18H22N2O4S/c1-14-7-6-8-15(13-14)19-18(21)11-12-20(25(3,22)23)16-9-4-5-10-17(16)24-2/h4-10,13H,11-12H2,1-3H3,(H,19,21). The molecule has 0 aromatic heterocycles. The molecule has 1 N–H and O–H groups in total. The summed E-state index contributed by atoms with van der Waals surface area (Å²) in [6.07, 6.45) is 1.14. The summed E-state index contributed by atoms with van der Waals surface area (Å²) in [4.78, 5) is 12.2. The van der Waals surface area contributed by atoms with Crippen molar-refractivity contribution in [1.29, 1.82) is 0 Å². The maximum absolute atomic E-state index is 12.2. The lowest BCUT2D eigenvalue weighted by Gasteiger charge is -2.24. The lowest BCUT2D eigenvalue weighted by molar-refractivity contribution is -0.116. The van der Waals surface area contributed by atoms with Crippen LogP contribution in [0.3, 0.4) is 0 Å². The van der Waals surface area contributed by atoms with E-state index in [-0.39, 0.29) is 18.9 Å². The van der Waals surface area contributed by atoms with E-state index in [4.69, 9.17) is 4.74 Å². The van der Waals surface area contributed by atoms with Crippen LogP contribution in [0.1, 0.15) is 12.0 Å². The molecule has 2 aromatic rings. The van der Waals surface area contributed by atoms with Crippen LogP contribution in [-0.4, -0.2) is 34.2 Å². The van der Waals surface area contributed by atoms with Gasteiger partial charge in [-0.15, -0.1) is 0 Å². The Labute approximate surface area is 148 Å². The average molecular weight is 362 g/mol. The van der Waals surface area contributed by atoms with Crippen LogP contribution in [0.15, 0.2) is 48.5 Å². The van der Waals surface area contributed by atoms with Crippen molar-refractivity contribution in [1.82, 2.24) is 0 Å². The van der Waals surface area contributed by atoms with E-state index < -0.39 is 10.0 Å². The van der Waals surface area contributed by atoms with Crippen molar-refractivity contribution in [3.63, 3.8) is 0 Å². The highest BCUT2D eigenvalue weighted by molar-refractivity contribution is 7.92. The van der Waals surface area contributed by atoms with Crippen molar-refractivity contribution < 1.29 is 17.9 Å². The zero-order valence-electron chi connectivity index (χ0n) is 14.5. The van der Waals surface area contributed by atoms with Gasteiger partial charge in [-0.25, -0.2) is 8.42 Å². The Bertz CT molecular complexity index is 850. The van der Waals surface area contributed by atoms with Crippen LogP contribution >= 0.6 is 0 Å². The normalized spacial score (nSPS) is 11.0. The molecule has 2 rings (SSSR count). The molecule has 134 valence electrons. The summed E-state index contributed by atoms with van der Waals surface area (Å²) in [6.45, 7) is 1.96. The fraction of sp³-hybridized carbons (Fsp3) is 0.278. The first kappa shape index (κ1) is 18.8. The summed E-state index contributed by atoms with van der Waals surface area (Å²) in [5, 5.41) is 2.78. The van der Waals surface area contributed by atoms with E-state index in [9.17, 15) is 13.2 Å². The number of rotatable bonds is 7. The van der Waals surface area contributed by atoms with E-state index >= 15 is 0 Å². The molecule has 0 bridgehead atoms. The lowest BCUT2D eigenvalue weighted by Crippen LogP contribution is -2.33. The number of carbonyl (C=O) groups excluding carboxylic acids is 1. The summed E-state index contributed by atoms with van der Waals surface area (Å²) in [5.41, 5.74) is 2.13. The van der Waals surface area contributed by atoms with Crippen molar-refractivity contribution in [3.8, 4) is 5.75 Å². The van der Waals surface area contributed by atoms with Gasteiger partial charge in [0, 0.05) is 18.7 Å². The van der Waals surface area contributed by atoms with Gasteiger partial charge >= 0.3 is 0 Å². The predicted octanol–water partition coefficient (Wildman–Crippen LogP) is 2.80. The fourth-order valence-electron chi connectivity index (χ4n) is 2.45. The van der Waals surface area contributed by atoms with Crippen LogP contribution in [0.2, 0.25) is 0 Å². The highest BCUT2D eigenvalue weighted by atomic mass is 32.2. The van der Waals surface area contributed by atoms with E-state index in [1.807, 2.05) is 25.1 Å². The van der Waals surface area contributed by atoms with Crippen LogP contribution in [-0.2, 0) is 14.8 Å². The molecule has 25 heavy (non-hydrogen) atoms. The molecule has 0 saturated heterocycles. The molecule has 7 heteroatoms. The van der Waals surface area contributed by atoms with Gasteiger partial charge in [0.1, 0.15) is 5.75 Å². The number of ether oxygens (including phenoxy) is 1. The molecular formula is C18H22N2O4S. The second-order valence-corrected chi connectivity index (χ2v) is 7.58. The maximum atomic E-state index is 12.2. The minimum Gasteiger partial charge on any atom is -0.495 e. The summed E-state index contributed by atoms with van der Waals surface area (Å²) >= 11 is 0. The number of anilines is 2. The number of carbonyl (C=O) groups is 1. The number of hydrogen-bond donors (Lipinski definition) is 1. The number of para-hydroxylation sites is 2. The van der Waals surface area contributed by atoms with Crippen LogP contribution < -0.4 is 14.4 Å². The molecular weight excluding hydrogens is 340 g/mol. The van der Waals surface area contributed by atoms with Crippen molar-refractivity contribution >= 4 is 27.3 Å². The van der Waals surface area contributed by atoms with Gasteiger partial charge in [0.2, 0.25) is 15.9 Å². The van der Waals surface area contributed by atoms with Crippen molar-refractivity contribution in [2.24, 2.45) is 0 Å². The number of benzene rings is 2. The summed E-state index contributed by atoms with van der Waals surface area (Å²) < 4.78 is 30.7. The van der Waals surface area contributed by atoms with E-state index in [1.54, 1.807) is 30.3 Å². The van der Waals surface area contributed by atoms with Crippen molar-refractivity contribution in [3.05, 3.63) is 54.1 Å². The minimum atomic E-state index is -3.55. The van der Waals surface area contributed by atoms with Gasteiger partial charge in [-0.1, -0.05) is 24.3 Å². The Hall–Kier alpha value is -2.54. The van der Waals surface area contributed by atoms with Gasteiger partial charge in [-0.3, -0.25) is 9.10 Å². The molecule has 0 unspecified atom stereocenters. The highest BCUT2D eigenvalue weighted by Gasteiger charge is 2.21. The Kier molecular flexibility index (Phi) is 6.03. The summed E-state index contributed by atoms with van der Waals surface area (Å²) in [7, 11) is -2.08. The third kappa shape index (κ3) is 5.22. The summed E-state index contributed by atoms with van der Waals surface area (Å²) in [5.74, 6) is 0.182. The molecule has 1 amide bonds. The maximum Gasteiger partial charge on any atom is 0.232 e. The zero-order valence-corrected chi connectivity index (χ0v) is 15.3. The SMILES string of the molecule is COc1ccccc1N(CCC(=O)Nc1cccc(C)c1)S(C)(=O)=O. The van der Waals surface area contributed by atoms with Gasteiger partial charge in [-0.2, -0.15) is 0 Å². The molecule has 0 spiro atoms. The topological polar surface area (TPSA) is 75.7 Å². The summed E-state index contributed by atoms with van der Waals surface area (Å²) in [6, 6.07) is 14.2. The third-order valence-corrected chi connectivity index (χ3v) is 4.78. The second-order valence-electron chi connectivity index (χ2n) is 5.67. The molecule has 0 aliphatic heterocycles. The Balaban J connectivity index is 2.12. The van der Waals surface area contributed by atoms with Gasteiger partial charge in [0.05, 0.1) is 19.1 Å². The van der Waals surface area contributed by atoms with Gasteiger partial charge < -0.3 is 10.1 Å². The van der Waals surface area contributed by atoms with Crippen LogP contribution in [0.25, 0.3) is 0 Å². The predicted molar refractivity (Wildman–Crippen MR) is 99.6 cm³/mol. The van der Waals surface area contributed by atoms with E-state index in [0.29, 0.717) is 17.1 Å².